The molecule has 1 aliphatic rings. The third kappa shape index (κ3) is 5.11. The topological polar surface area (TPSA) is 100 Å². The summed E-state index contributed by atoms with van der Waals surface area (Å²) >= 11 is 1.58. The van der Waals surface area contributed by atoms with Crippen LogP contribution in [0.2, 0.25) is 0 Å². The van der Waals surface area contributed by atoms with Crippen molar-refractivity contribution < 1.29 is 14.1 Å². The van der Waals surface area contributed by atoms with Crippen molar-refractivity contribution in [2.24, 2.45) is 5.92 Å². The molecule has 1 saturated heterocycles. The van der Waals surface area contributed by atoms with E-state index in [9.17, 15) is 9.59 Å². The number of aromatic nitrogens is 2. The normalized spacial score (nSPS) is 15.1. The predicted octanol–water partition coefficient (Wildman–Crippen LogP) is 3.61. The molecule has 30 heavy (non-hydrogen) atoms. The van der Waals surface area contributed by atoms with E-state index in [1.165, 1.54) is 6.92 Å². The molecule has 156 valence electrons. The van der Waals surface area contributed by atoms with Gasteiger partial charge in [-0.2, -0.15) is 4.98 Å². The van der Waals surface area contributed by atoms with E-state index in [-0.39, 0.29) is 17.7 Å². The number of rotatable bonds is 6. The second-order valence-corrected chi connectivity index (χ2v) is 8.23. The van der Waals surface area contributed by atoms with Crippen LogP contribution in [0.25, 0.3) is 10.7 Å². The van der Waals surface area contributed by atoms with Gasteiger partial charge in [0.2, 0.25) is 23.5 Å². The van der Waals surface area contributed by atoms with Crippen molar-refractivity contribution >= 4 is 34.5 Å². The first-order chi connectivity index (χ1) is 14.6. The Morgan fingerprint density at radius 1 is 1.13 bits per heavy atom. The Balaban J connectivity index is 1.25. The molecule has 3 heterocycles. The number of anilines is 2. The van der Waals surface area contributed by atoms with Crippen molar-refractivity contribution in [1.29, 1.82) is 0 Å². The average molecular weight is 426 g/mol. The Hall–Kier alpha value is -3.04. The van der Waals surface area contributed by atoms with Crippen LogP contribution in [0.1, 0.15) is 25.7 Å². The maximum atomic E-state index is 12.6. The van der Waals surface area contributed by atoms with E-state index < -0.39 is 0 Å². The van der Waals surface area contributed by atoms with E-state index >= 15 is 0 Å². The van der Waals surface area contributed by atoms with Gasteiger partial charge in [0.05, 0.1) is 11.4 Å². The number of amides is 2. The van der Waals surface area contributed by atoms with Crippen LogP contribution in [0.5, 0.6) is 0 Å². The highest BCUT2D eigenvalue weighted by molar-refractivity contribution is 7.13. The van der Waals surface area contributed by atoms with Crippen molar-refractivity contribution in [3.8, 4) is 10.7 Å². The molecule has 1 aliphatic heterocycles. The van der Waals surface area contributed by atoms with Crippen molar-refractivity contribution in [3.05, 3.63) is 47.7 Å². The SMILES string of the molecule is CC(=O)Nc1ccc(NC(=O)C2CCN(Cc3nc(-c4cccs4)no3)CC2)cc1. The summed E-state index contributed by atoms with van der Waals surface area (Å²) in [5.74, 6) is 1.10. The van der Waals surface area contributed by atoms with Crippen molar-refractivity contribution in [1.82, 2.24) is 15.0 Å². The molecule has 4 rings (SSSR count). The molecular weight excluding hydrogens is 402 g/mol. The molecule has 0 radical (unpaired) electrons. The van der Waals surface area contributed by atoms with Gasteiger partial charge in [-0.15, -0.1) is 11.3 Å². The van der Waals surface area contributed by atoms with Gasteiger partial charge in [-0.3, -0.25) is 14.5 Å². The fourth-order valence-electron chi connectivity index (χ4n) is 3.45. The van der Waals surface area contributed by atoms with Crippen LogP contribution in [-0.2, 0) is 16.1 Å². The lowest BCUT2D eigenvalue weighted by molar-refractivity contribution is -0.121. The van der Waals surface area contributed by atoms with Gasteiger partial charge < -0.3 is 15.2 Å². The zero-order valence-electron chi connectivity index (χ0n) is 16.6. The third-order valence-corrected chi connectivity index (χ3v) is 5.87. The molecule has 1 aromatic carbocycles. The van der Waals surface area contributed by atoms with Crippen molar-refractivity contribution in [2.45, 2.75) is 26.3 Å². The Morgan fingerprint density at radius 3 is 2.47 bits per heavy atom. The average Bonchev–Trinajstić information content (AvgIpc) is 3.41. The zero-order chi connectivity index (χ0) is 20.9. The lowest BCUT2D eigenvalue weighted by Gasteiger charge is -2.30. The van der Waals surface area contributed by atoms with Gasteiger partial charge in [0, 0.05) is 24.2 Å². The van der Waals surface area contributed by atoms with Gasteiger partial charge in [-0.05, 0) is 61.6 Å². The number of nitrogens with one attached hydrogen (secondary N) is 2. The number of carbonyl (C=O) groups excluding carboxylic acids is 2. The predicted molar refractivity (Wildman–Crippen MR) is 115 cm³/mol. The first-order valence-electron chi connectivity index (χ1n) is 9.84. The van der Waals surface area contributed by atoms with Crippen LogP contribution in [0, 0.1) is 5.92 Å². The molecule has 0 atom stereocenters. The van der Waals surface area contributed by atoms with Crippen LogP contribution in [-0.4, -0.2) is 39.9 Å². The molecule has 1 fully saturated rings. The molecule has 0 unspecified atom stereocenters. The smallest absolute Gasteiger partial charge is 0.241 e. The minimum Gasteiger partial charge on any atom is -0.338 e. The number of likely N-dealkylation sites (tertiary alicyclic amines) is 1. The highest BCUT2D eigenvalue weighted by atomic mass is 32.1. The standard InChI is InChI=1S/C21H23N5O3S/c1-14(27)22-16-4-6-17(7-5-16)23-21(28)15-8-10-26(11-9-15)13-19-24-20(25-29-19)18-3-2-12-30-18/h2-7,12,15H,8-11,13H2,1H3,(H,22,27)(H,23,28). The maximum absolute atomic E-state index is 12.6. The number of hydrogen-bond acceptors (Lipinski definition) is 7. The van der Waals surface area contributed by atoms with Crippen molar-refractivity contribution in [3.63, 3.8) is 0 Å². The van der Waals surface area contributed by atoms with Crippen LogP contribution < -0.4 is 10.6 Å². The molecule has 0 bridgehead atoms. The monoisotopic (exact) mass is 425 g/mol. The minimum atomic E-state index is -0.123. The van der Waals surface area contributed by atoms with E-state index in [2.05, 4.69) is 25.7 Å². The molecule has 2 N–H and O–H groups in total. The number of carbonyl (C=O) groups is 2. The Bertz CT molecular complexity index is 992. The molecule has 8 nitrogen and oxygen atoms in total. The summed E-state index contributed by atoms with van der Waals surface area (Å²) in [6.45, 7) is 3.66. The number of hydrogen-bond donors (Lipinski definition) is 2. The second-order valence-electron chi connectivity index (χ2n) is 7.29. The molecule has 2 amide bonds. The largest absolute Gasteiger partial charge is 0.338 e. The lowest BCUT2D eigenvalue weighted by Crippen LogP contribution is -2.37. The summed E-state index contributed by atoms with van der Waals surface area (Å²) < 4.78 is 5.38. The zero-order valence-corrected chi connectivity index (χ0v) is 17.4. The molecule has 0 aliphatic carbocycles. The lowest BCUT2D eigenvalue weighted by atomic mass is 9.96. The van der Waals surface area contributed by atoms with E-state index in [1.807, 2.05) is 17.5 Å². The molecule has 0 spiro atoms. The second kappa shape index (κ2) is 9.19. The van der Waals surface area contributed by atoms with Gasteiger partial charge in [0.25, 0.3) is 0 Å². The summed E-state index contributed by atoms with van der Waals surface area (Å²) in [4.78, 5) is 31.4. The van der Waals surface area contributed by atoms with Gasteiger partial charge in [-0.1, -0.05) is 11.2 Å². The first kappa shape index (κ1) is 20.2. The minimum absolute atomic E-state index is 0.0272. The van der Waals surface area contributed by atoms with Crippen LogP contribution in [0.15, 0.2) is 46.3 Å². The fourth-order valence-corrected chi connectivity index (χ4v) is 4.10. The van der Waals surface area contributed by atoms with Gasteiger partial charge in [0.15, 0.2) is 0 Å². The number of piperidine rings is 1. The molecule has 2 aromatic heterocycles. The number of thiophene rings is 1. The van der Waals surface area contributed by atoms with Gasteiger partial charge in [0.1, 0.15) is 0 Å². The quantitative estimate of drug-likeness (QED) is 0.626. The Labute approximate surface area is 178 Å². The van der Waals surface area contributed by atoms with Gasteiger partial charge >= 0.3 is 0 Å². The van der Waals surface area contributed by atoms with E-state index in [0.29, 0.717) is 23.9 Å². The number of benzene rings is 1. The molecule has 3 aromatic rings. The summed E-state index contributed by atoms with van der Waals surface area (Å²) in [6, 6.07) is 11.1. The summed E-state index contributed by atoms with van der Waals surface area (Å²) in [6.07, 6.45) is 1.56. The number of nitrogens with zero attached hydrogens (tertiary/aromatic N) is 3. The van der Waals surface area contributed by atoms with Crippen LogP contribution in [0.4, 0.5) is 11.4 Å². The van der Waals surface area contributed by atoms with E-state index in [1.54, 1.807) is 35.6 Å². The van der Waals surface area contributed by atoms with Crippen LogP contribution >= 0.6 is 11.3 Å². The van der Waals surface area contributed by atoms with Crippen LogP contribution in [0.3, 0.4) is 0 Å². The van der Waals surface area contributed by atoms with E-state index in [4.69, 9.17) is 4.52 Å². The summed E-state index contributed by atoms with van der Waals surface area (Å²) in [5, 5.41) is 11.7. The molecular formula is C21H23N5O3S. The molecule has 9 heteroatoms. The van der Waals surface area contributed by atoms with E-state index in [0.717, 1.165) is 36.5 Å². The van der Waals surface area contributed by atoms with Gasteiger partial charge in [-0.25, -0.2) is 0 Å². The molecule has 0 saturated carbocycles. The highest BCUT2D eigenvalue weighted by Gasteiger charge is 2.26. The third-order valence-electron chi connectivity index (χ3n) is 5.00. The Morgan fingerprint density at radius 2 is 1.83 bits per heavy atom. The summed E-state index contributed by atoms with van der Waals surface area (Å²) in [5.41, 5.74) is 1.43. The Kier molecular flexibility index (Phi) is 6.20. The first-order valence-corrected chi connectivity index (χ1v) is 10.7. The highest BCUT2D eigenvalue weighted by Crippen LogP contribution is 2.24. The summed E-state index contributed by atoms with van der Waals surface area (Å²) in [7, 11) is 0. The maximum Gasteiger partial charge on any atom is 0.241 e. The fraction of sp³-hybridized carbons (Fsp3) is 0.333. The van der Waals surface area contributed by atoms with Crippen molar-refractivity contribution in [2.75, 3.05) is 23.7 Å².